The molecular formula is C26H33N5. The molecule has 162 valence electrons. The molecule has 5 rings (SSSR count). The molecule has 1 fully saturated rings. The Balaban J connectivity index is 0.000000407. The molecule has 0 bridgehead atoms. The van der Waals surface area contributed by atoms with Crippen LogP contribution in [0.4, 0.5) is 5.82 Å². The minimum atomic E-state index is 0.229. The topological polar surface area (TPSA) is 54.2 Å². The van der Waals surface area contributed by atoms with E-state index in [0.717, 1.165) is 42.0 Å². The summed E-state index contributed by atoms with van der Waals surface area (Å²) < 4.78 is 1.92. The molecule has 0 saturated carbocycles. The first-order valence-corrected chi connectivity index (χ1v) is 11.5. The van der Waals surface area contributed by atoms with Crippen LogP contribution in [-0.4, -0.2) is 33.7 Å². The Bertz CT molecular complexity index is 1030. The summed E-state index contributed by atoms with van der Waals surface area (Å²) >= 11 is 0. The zero-order valence-electron chi connectivity index (χ0n) is 18.6. The van der Waals surface area contributed by atoms with E-state index in [1.807, 2.05) is 22.8 Å². The number of aryl methyl sites for hydroxylation is 1. The molecule has 5 nitrogen and oxygen atoms in total. The molecule has 1 aromatic carbocycles. The Kier molecular flexibility index (Phi) is 7.15. The Morgan fingerprint density at radius 3 is 2.52 bits per heavy atom. The van der Waals surface area contributed by atoms with Gasteiger partial charge in [-0.25, -0.2) is 9.50 Å². The zero-order valence-corrected chi connectivity index (χ0v) is 18.6. The summed E-state index contributed by atoms with van der Waals surface area (Å²) in [5.41, 5.74) is 5.65. The minimum Gasteiger partial charge on any atom is -0.362 e. The summed E-state index contributed by atoms with van der Waals surface area (Å²) in [7, 11) is 0. The average Bonchev–Trinajstić information content (AvgIpc) is 3.53. The lowest BCUT2D eigenvalue weighted by molar-refractivity contribution is 0.857. The zero-order chi connectivity index (χ0) is 21.5. The molecular weight excluding hydrogens is 382 g/mol. The molecule has 3 aromatic rings. The second-order valence-electron chi connectivity index (χ2n) is 8.19. The summed E-state index contributed by atoms with van der Waals surface area (Å²) in [5.74, 6) is 0.856. The van der Waals surface area contributed by atoms with Crippen molar-refractivity contribution in [2.45, 2.75) is 52.0 Å². The van der Waals surface area contributed by atoms with Crippen LogP contribution in [0.15, 0.2) is 66.4 Å². The van der Waals surface area contributed by atoms with Gasteiger partial charge in [0.1, 0.15) is 5.82 Å². The first-order chi connectivity index (χ1) is 15.2. The number of nitrogens with one attached hydrogen (secondary N) is 2. The molecule has 2 aromatic heterocycles. The van der Waals surface area contributed by atoms with E-state index in [2.05, 4.69) is 72.0 Å². The molecule has 0 spiro atoms. The van der Waals surface area contributed by atoms with Crippen molar-refractivity contribution in [2.24, 2.45) is 0 Å². The summed E-state index contributed by atoms with van der Waals surface area (Å²) in [6.45, 7) is 6.84. The van der Waals surface area contributed by atoms with Crippen molar-refractivity contribution in [2.75, 3.05) is 18.4 Å². The van der Waals surface area contributed by atoms with E-state index < -0.39 is 0 Å². The Morgan fingerprint density at radius 2 is 1.87 bits per heavy atom. The standard InChI is InChI=1S/C22H24N4.C4H9N/c1-3-17-9-11-19(12-10-17)20-15-23-22-14-13-21(25-26(20)22)24-16(2)18-7-5-4-6-8-18;1-2-4-5-3-1/h5,7-16H,3-4,6H2,1-2H3,(H,24,25);5H,1-4H2. The normalized spacial score (nSPS) is 16.5. The van der Waals surface area contributed by atoms with Gasteiger partial charge in [-0.05, 0) is 75.4 Å². The quantitative estimate of drug-likeness (QED) is 0.585. The van der Waals surface area contributed by atoms with Crippen LogP contribution >= 0.6 is 0 Å². The van der Waals surface area contributed by atoms with Gasteiger partial charge in [0.05, 0.1) is 11.9 Å². The number of imidazole rings is 1. The fraction of sp³-hybridized carbons (Fsp3) is 0.385. The number of nitrogens with zero attached hydrogens (tertiary/aromatic N) is 3. The lowest BCUT2D eigenvalue weighted by atomic mass is 10.0. The molecule has 2 aliphatic rings. The molecule has 1 saturated heterocycles. The molecule has 5 heteroatoms. The van der Waals surface area contributed by atoms with Gasteiger partial charge in [-0.3, -0.25) is 0 Å². The van der Waals surface area contributed by atoms with Gasteiger partial charge in [-0.15, -0.1) is 5.10 Å². The van der Waals surface area contributed by atoms with E-state index in [-0.39, 0.29) is 6.04 Å². The molecule has 0 amide bonds. The Morgan fingerprint density at radius 1 is 1.06 bits per heavy atom. The Hall–Kier alpha value is -2.92. The molecule has 2 N–H and O–H groups in total. The number of benzene rings is 1. The van der Waals surface area contributed by atoms with Gasteiger partial charge in [0, 0.05) is 11.6 Å². The van der Waals surface area contributed by atoms with Crippen molar-refractivity contribution in [1.82, 2.24) is 19.9 Å². The van der Waals surface area contributed by atoms with E-state index in [4.69, 9.17) is 5.10 Å². The van der Waals surface area contributed by atoms with Crippen LogP contribution in [0.3, 0.4) is 0 Å². The number of hydrogen-bond acceptors (Lipinski definition) is 4. The van der Waals surface area contributed by atoms with E-state index in [1.165, 1.54) is 37.1 Å². The minimum absolute atomic E-state index is 0.229. The maximum Gasteiger partial charge on any atom is 0.154 e. The summed E-state index contributed by atoms with van der Waals surface area (Å²) in [6, 6.07) is 12.9. The van der Waals surface area contributed by atoms with E-state index in [0.29, 0.717) is 0 Å². The van der Waals surface area contributed by atoms with E-state index >= 15 is 0 Å². The van der Waals surface area contributed by atoms with Crippen LogP contribution in [0, 0.1) is 0 Å². The van der Waals surface area contributed by atoms with E-state index in [1.54, 1.807) is 0 Å². The fourth-order valence-electron chi connectivity index (χ4n) is 3.94. The van der Waals surface area contributed by atoms with Crippen LogP contribution < -0.4 is 10.6 Å². The summed E-state index contributed by atoms with van der Waals surface area (Å²) in [4.78, 5) is 4.50. The first kappa shape index (κ1) is 21.3. The molecule has 0 radical (unpaired) electrons. The highest BCUT2D eigenvalue weighted by molar-refractivity contribution is 5.64. The van der Waals surface area contributed by atoms with Gasteiger partial charge in [0.25, 0.3) is 0 Å². The van der Waals surface area contributed by atoms with Crippen LogP contribution in [-0.2, 0) is 6.42 Å². The van der Waals surface area contributed by atoms with Crippen molar-refractivity contribution in [3.8, 4) is 11.3 Å². The Labute approximate surface area is 185 Å². The number of hydrogen-bond donors (Lipinski definition) is 2. The number of aromatic nitrogens is 3. The van der Waals surface area contributed by atoms with Gasteiger partial charge >= 0.3 is 0 Å². The monoisotopic (exact) mass is 415 g/mol. The summed E-state index contributed by atoms with van der Waals surface area (Å²) in [5, 5.41) is 11.5. The second-order valence-corrected chi connectivity index (χ2v) is 8.19. The number of fused-ring (bicyclic) bond motifs is 1. The molecule has 1 atom stereocenters. The highest BCUT2D eigenvalue weighted by Crippen LogP contribution is 2.22. The van der Waals surface area contributed by atoms with Gasteiger partial charge < -0.3 is 10.6 Å². The molecule has 3 heterocycles. The third-order valence-corrected chi connectivity index (χ3v) is 5.87. The van der Waals surface area contributed by atoms with Crippen LogP contribution in [0.2, 0.25) is 0 Å². The van der Waals surface area contributed by atoms with Crippen LogP contribution in [0.25, 0.3) is 16.9 Å². The van der Waals surface area contributed by atoms with Crippen molar-refractivity contribution in [3.05, 3.63) is 72.0 Å². The maximum atomic E-state index is 4.78. The van der Waals surface area contributed by atoms with E-state index in [9.17, 15) is 0 Å². The third-order valence-electron chi connectivity index (χ3n) is 5.87. The predicted molar refractivity (Wildman–Crippen MR) is 129 cm³/mol. The van der Waals surface area contributed by atoms with Crippen molar-refractivity contribution >= 4 is 11.5 Å². The van der Waals surface area contributed by atoms with Crippen LogP contribution in [0.1, 0.15) is 45.1 Å². The molecule has 1 unspecified atom stereocenters. The van der Waals surface area contributed by atoms with Gasteiger partial charge in [-0.2, -0.15) is 0 Å². The number of anilines is 1. The van der Waals surface area contributed by atoms with Gasteiger partial charge in [-0.1, -0.05) is 49.4 Å². The molecule has 31 heavy (non-hydrogen) atoms. The highest BCUT2D eigenvalue weighted by atomic mass is 15.3. The maximum absolute atomic E-state index is 4.78. The number of rotatable bonds is 5. The molecule has 1 aliphatic heterocycles. The number of allylic oxidation sites excluding steroid dienone is 2. The third kappa shape index (κ3) is 5.42. The highest BCUT2D eigenvalue weighted by Gasteiger charge is 2.11. The van der Waals surface area contributed by atoms with Gasteiger partial charge in [0.2, 0.25) is 0 Å². The van der Waals surface area contributed by atoms with Crippen molar-refractivity contribution < 1.29 is 0 Å². The molecule has 1 aliphatic carbocycles. The predicted octanol–water partition coefficient (Wildman–Crippen LogP) is 5.41. The fourth-order valence-corrected chi connectivity index (χ4v) is 3.94. The summed E-state index contributed by atoms with van der Waals surface area (Å²) in [6.07, 6.45) is 14.7. The lowest BCUT2D eigenvalue weighted by Crippen LogP contribution is -2.19. The lowest BCUT2D eigenvalue weighted by Gasteiger charge is -2.18. The largest absolute Gasteiger partial charge is 0.362 e. The van der Waals surface area contributed by atoms with Crippen molar-refractivity contribution in [1.29, 1.82) is 0 Å². The smallest absolute Gasteiger partial charge is 0.154 e. The van der Waals surface area contributed by atoms with Crippen LogP contribution in [0.5, 0.6) is 0 Å². The SMILES string of the molecule is C1CCNC1.CCc1ccc(-c2cnc3ccc(NC(C)C4=CCCC=C4)nn23)cc1. The van der Waals surface area contributed by atoms with Gasteiger partial charge in [0.15, 0.2) is 5.65 Å². The first-order valence-electron chi connectivity index (χ1n) is 11.5. The second kappa shape index (κ2) is 10.4. The average molecular weight is 416 g/mol. The van der Waals surface area contributed by atoms with Crippen molar-refractivity contribution in [3.63, 3.8) is 0 Å².